The zero-order valence-corrected chi connectivity index (χ0v) is 18.5. The van der Waals surface area contributed by atoms with Gasteiger partial charge in [0.15, 0.2) is 0 Å². The molecular weight excluding hydrogens is 426 g/mol. The summed E-state index contributed by atoms with van der Waals surface area (Å²) in [4.78, 5) is 43.7. The van der Waals surface area contributed by atoms with E-state index in [2.05, 4.69) is 5.32 Å². The van der Waals surface area contributed by atoms with Crippen LogP contribution in [0.15, 0.2) is 54.6 Å². The Morgan fingerprint density at radius 1 is 1.03 bits per heavy atom. The molecule has 2 aromatic carbocycles. The molecule has 0 aliphatic carbocycles. The summed E-state index contributed by atoms with van der Waals surface area (Å²) >= 11 is 5.97. The lowest BCUT2D eigenvalue weighted by Crippen LogP contribution is -2.50. The van der Waals surface area contributed by atoms with Crippen molar-refractivity contribution < 1.29 is 14.4 Å². The predicted molar refractivity (Wildman–Crippen MR) is 124 cm³/mol. The molecule has 2 aromatic rings. The normalized spacial score (nSPS) is 25.6. The number of halogens is 1. The summed E-state index contributed by atoms with van der Waals surface area (Å²) in [5.74, 6) is -2.00. The highest BCUT2D eigenvalue weighted by Crippen LogP contribution is 2.48. The molecule has 1 N–H and O–H groups in total. The smallest absolute Gasteiger partial charge is 0.247 e. The molecule has 0 aromatic heterocycles. The second-order valence-corrected chi connectivity index (χ2v) is 8.93. The summed E-state index contributed by atoms with van der Waals surface area (Å²) in [6.07, 6.45) is 5.59. The molecule has 6 nitrogen and oxygen atoms in total. The van der Waals surface area contributed by atoms with E-state index < -0.39 is 17.9 Å². The summed E-state index contributed by atoms with van der Waals surface area (Å²) in [5, 5.41) is 3.51. The van der Waals surface area contributed by atoms with Crippen molar-refractivity contribution in [1.29, 1.82) is 0 Å². The Hall–Kier alpha value is -3.12. The molecule has 4 atom stereocenters. The summed E-state index contributed by atoms with van der Waals surface area (Å²) in [5.41, 5.74) is 2.43. The van der Waals surface area contributed by atoms with Gasteiger partial charge in [0.1, 0.15) is 6.04 Å². The van der Waals surface area contributed by atoms with Crippen LogP contribution in [0.3, 0.4) is 0 Å². The number of carbonyl (C=O) groups excluding carboxylic acids is 3. The van der Waals surface area contributed by atoms with Gasteiger partial charge in [0, 0.05) is 22.9 Å². The third-order valence-electron chi connectivity index (χ3n) is 6.62. The lowest BCUT2D eigenvalue weighted by atomic mass is 9.88. The van der Waals surface area contributed by atoms with Crippen LogP contribution in [-0.4, -0.2) is 41.2 Å². The molecule has 2 fully saturated rings. The zero-order chi connectivity index (χ0) is 22.4. The van der Waals surface area contributed by atoms with Crippen LogP contribution < -0.4 is 10.2 Å². The zero-order valence-electron chi connectivity index (χ0n) is 17.7. The van der Waals surface area contributed by atoms with Crippen molar-refractivity contribution >= 4 is 46.8 Å². The van der Waals surface area contributed by atoms with Crippen molar-refractivity contribution in [3.8, 4) is 0 Å². The molecule has 0 spiro atoms. The molecule has 0 bridgehead atoms. The molecule has 0 unspecified atom stereocenters. The number of carbonyl (C=O) groups is 3. The van der Waals surface area contributed by atoms with E-state index in [4.69, 9.17) is 11.6 Å². The molecule has 3 aliphatic heterocycles. The molecule has 32 heavy (non-hydrogen) atoms. The Balaban J connectivity index is 1.55. The predicted octanol–water partition coefficient (Wildman–Crippen LogP) is 3.96. The highest BCUT2D eigenvalue weighted by Gasteiger charge is 2.63. The van der Waals surface area contributed by atoms with Crippen molar-refractivity contribution in [3.63, 3.8) is 0 Å². The summed E-state index contributed by atoms with van der Waals surface area (Å²) in [6, 6.07) is 13.5. The highest BCUT2D eigenvalue weighted by atomic mass is 35.5. The fraction of sp³-hybridized carbons (Fsp3) is 0.320. The molecule has 2 saturated heterocycles. The maximum absolute atomic E-state index is 13.6. The number of amides is 3. The minimum atomic E-state index is -0.783. The van der Waals surface area contributed by atoms with E-state index in [1.807, 2.05) is 48.2 Å². The van der Waals surface area contributed by atoms with Crippen molar-refractivity contribution in [1.82, 2.24) is 4.90 Å². The molecule has 0 saturated carbocycles. The lowest BCUT2D eigenvalue weighted by molar-refractivity contribution is -0.141. The molecule has 7 heteroatoms. The molecule has 3 amide bonds. The third kappa shape index (κ3) is 3.21. The number of hydrogen-bond donors (Lipinski definition) is 1. The standard InChI is InChI=1S/C25H24ClN3O3/c1-2-3-14-28-24(31)20-19-13-8-15-6-4-5-7-18(15)29(19)22(21(20)25(28)32)23(30)27-17-11-9-16(26)10-12-17/h4-13,19-22H,2-3,14H2,1H3,(H,27,30)/t19-,20-,21-,22-/m0/s1. The minimum absolute atomic E-state index is 0.172. The number of unbranched alkanes of at least 4 members (excludes halogenated alkanes) is 1. The van der Waals surface area contributed by atoms with Gasteiger partial charge in [-0.1, -0.05) is 55.3 Å². The first kappa shape index (κ1) is 20.8. The van der Waals surface area contributed by atoms with E-state index in [1.165, 1.54) is 4.90 Å². The van der Waals surface area contributed by atoms with E-state index in [9.17, 15) is 14.4 Å². The second kappa shape index (κ2) is 8.10. The van der Waals surface area contributed by atoms with Crippen LogP contribution in [0.1, 0.15) is 25.3 Å². The average molecular weight is 450 g/mol. The summed E-state index contributed by atoms with van der Waals surface area (Å²) < 4.78 is 0. The van der Waals surface area contributed by atoms with Gasteiger partial charge < -0.3 is 10.2 Å². The first-order valence-corrected chi connectivity index (χ1v) is 11.4. The van der Waals surface area contributed by atoms with Gasteiger partial charge in [-0.25, -0.2) is 0 Å². The van der Waals surface area contributed by atoms with Crippen LogP contribution in [0.4, 0.5) is 11.4 Å². The lowest BCUT2D eigenvalue weighted by Gasteiger charge is -2.36. The largest absolute Gasteiger partial charge is 0.351 e. The topological polar surface area (TPSA) is 69.7 Å². The SMILES string of the molecule is CCCCN1C(=O)[C@@H]2[C@H](C1=O)[C@@H](C(=O)Nc1ccc(Cl)cc1)N1c3ccccc3C=C[C@@H]21. The number of hydrogen-bond acceptors (Lipinski definition) is 4. The molecule has 5 rings (SSSR count). The number of anilines is 2. The Bertz CT molecular complexity index is 1110. The van der Waals surface area contributed by atoms with E-state index in [0.29, 0.717) is 17.3 Å². The first-order valence-electron chi connectivity index (χ1n) is 11.0. The maximum atomic E-state index is 13.6. The van der Waals surface area contributed by atoms with Crippen molar-refractivity contribution in [2.45, 2.75) is 31.8 Å². The number of nitrogens with one attached hydrogen (secondary N) is 1. The molecule has 3 aliphatic rings. The first-order chi connectivity index (χ1) is 15.5. The van der Waals surface area contributed by atoms with Gasteiger partial charge in [-0.3, -0.25) is 19.3 Å². The molecule has 3 heterocycles. The van der Waals surface area contributed by atoms with Crippen molar-refractivity contribution in [3.05, 3.63) is 65.2 Å². The monoisotopic (exact) mass is 449 g/mol. The maximum Gasteiger partial charge on any atom is 0.247 e. The van der Waals surface area contributed by atoms with Gasteiger partial charge in [-0.05, 0) is 42.3 Å². The number of nitrogens with zero attached hydrogens (tertiary/aromatic N) is 2. The van der Waals surface area contributed by atoms with E-state index in [-0.39, 0.29) is 23.8 Å². The van der Waals surface area contributed by atoms with Crippen LogP contribution in [0.5, 0.6) is 0 Å². The van der Waals surface area contributed by atoms with Crippen LogP contribution in [0.25, 0.3) is 6.08 Å². The summed E-state index contributed by atoms with van der Waals surface area (Å²) in [6.45, 7) is 2.43. The molecular formula is C25H24ClN3O3. The Labute approximate surface area is 191 Å². The van der Waals surface area contributed by atoms with Crippen LogP contribution in [0.2, 0.25) is 5.02 Å². The van der Waals surface area contributed by atoms with Gasteiger partial charge in [0.2, 0.25) is 17.7 Å². The van der Waals surface area contributed by atoms with Gasteiger partial charge in [-0.15, -0.1) is 0 Å². The number of rotatable bonds is 5. The third-order valence-corrected chi connectivity index (χ3v) is 6.87. The fourth-order valence-electron chi connectivity index (χ4n) is 5.16. The number of para-hydroxylation sites is 1. The van der Waals surface area contributed by atoms with Gasteiger partial charge in [0.05, 0.1) is 17.9 Å². The Morgan fingerprint density at radius 3 is 2.50 bits per heavy atom. The van der Waals surface area contributed by atoms with Crippen molar-refractivity contribution in [2.75, 3.05) is 16.8 Å². The fourth-order valence-corrected chi connectivity index (χ4v) is 5.29. The van der Waals surface area contributed by atoms with E-state index in [1.54, 1.807) is 24.3 Å². The minimum Gasteiger partial charge on any atom is -0.351 e. The Kier molecular flexibility index (Phi) is 5.25. The number of imide groups is 1. The van der Waals surface area contributed by atoms with E-state index in [0.717, 1.165) is 24.1 Å². The molecule has 164 valence electrons. The Morgan fingerprint density at radius 2 is 1.75 bits per heavy atom. The van der Waals surface area contributed by atoms with Crippen LogP contribution in [-0.2, 0) is 14.4 Å². The van der Waals surface area contributed by atoms with Gasteiger partial charge in [0.25, 0.3) is 0 Å². The molecule has 0 radical (unpaired) electrons. The van der Waals surface area contributed by atoms with Gasteiger partial charge >= 0.3 is 0 Å². The van der Waals surface area contributed by atoms with Gasteiger partial charge in [-0.2, -0.15) is 0 Å². The number of likely N-dealkylation sites (tertiary alicyclic amines) is 1. The summed E-state index contributed by atoms with van der Waals surface area (Å²) in [7, 11) is 0. The quantitative estimate of drug-likeness (QED) is 0.701. The van der Waals surface area contributed by atoms with Crippen LogP contribution >= 0.6 is 11.6 Å². The van der Waals surface area contributed by atoms with Crippen molar-refractivity contribution in [2.24, 2.45) is 11.8 Å². The number of fused-ring (bicyclic) bond motifs is 5. The highest BCUT2D eigenvalue weighted by molar-refractivity contribution is 6.30. The van der Waals surface area contributed by atoms with Crippen LogP contribution in [0, 0.1) is 11.8 Å². The number of benzene rings is 2. The second-order valence-electron chi connectivity index (χ2n) is 8.49. The van der Waals surface area contributed by atoms with E-state index >= 15 is 0 Å². The average Bonchev–Trinajstić information content (AvgIpc) is 3.27.